The standard InChI is InChI=1S/C24H21ClF4N2O2/c1-2-15-13-20(9-10-21(15)25)31(23(33)22(32)16-3-6-18(26)7-4-16)12-11-19-8-5-17(14-30-19)24(27,28)29/h3-10,13-14,22,32H,2,11-12H2,1H3. The van der Waals surface area contributed by atoms with Crippen LogP contribution < -0.4 is 4.90 Å². The van der Waals surface area contributed by atoms with Gasteiger partial charge in [-0.15, -0.1) is 0 Å². The van der Waals surface area contributed by atoms with Gasteiger partial charge in [-0.2, -0.15) is 13.2 Å². The lowest BCUT2D eigenvalue weighted by atomic mass is 10.1. The van der Waals surface area contributed by atoms with Crippen LogP contribution in [0.5, 0.6) is 0 Å². The smallest absolute Gasteiger partial charge is 0.378 e. The molecule has 174 valence electrons. The van der Waals surface area contributed by atoms with E-state index < -0.39 is 29.6 Å². The summed E-state index contributed by atoms with van der Waals surface area (Å²) >= 11 is 6.19. The van der Waals surface area contributed by atoms with Gasteiger partial charge in [0.2, 0.25) is 0 Å². The number of anilines is 1. The third kappa shape index (κ3) is 6.09. The lowest BCUT2D eigenvalue weighted by Crippen LogP contribution is -2.37. The summed E-state index contributed by atoms with van der Waals surface area (Å²) in [5, 5.41) is 11.2. The van der Waals surface area contributed by atoms with Crippen LogP contribution in [-0.2, 0) is 23.8 Å². The van der Waals surface area contributed by atoms with E-state index in [1.807, 2.05) is 6.92 Å². The highest BCUT2D eigenvalue weighted by atomic mass is 35.5. The normalized spacial score (nSPS) is 12.5. The number of pyridine rings is 1. The first-order chi connectivity index (χ1) is 15.6. The first kappa shape index (κ1) is 24.7. The summed E-state index contributed by atoms with van der Waals surface area (Å²) in [6, 6.07) is 12.1. The molecule has 1 atom stereocenters. The van der Waals surface area contributed by atoms with Gasteiger partial charge < -0.3 is 10.0 Å². The molecule has 0 aliphatic rings. The SMILES string of the molecule is CCc1cc(N(CCc2ccc(C(F)(F)F)cn2)C(=O)C(O)c2ccc(F)cc2)ccc1Cl. The molecule has 0 radical (unpaired) electrons. The van der Waals surface area contributed by atoms with Crippen LogP contribution >= 0.6 is 11.6 Å². The third-order valence-electron chi connectivity index (χ3n) is 5.15. The maximum Gasteiger partial charge on any atom is 0.417 e. The zero-order chi connectivity index (χ0) is 24.2. The van der Waals surface area contributed by atoms with Crippen LogP contribution in [0, 0.1) is 5.82 Å². The topological polar surface area (TPSA) is 53.4 Å². The number of halogens is 5. The number of rotatable bonds is 7. The lowest BCUT2D eigenvalue weighted by molar-refractivity contribution is -0.137. The fourth-order valence-corrected chi connectivity index (χ4v) is 3.52. The molecule has 1 heterocycles. The van der Waals surface area contributed by atoms with Gasteiger partial charge in [-0.05, 0) is 60.0 Å². The summed E-state index contributed by atoms with van der Waals surface area (Å²) in [5.41, 5.74) is 0.951. The summed E-state index contributed by atoms with van der Waals surface area (Å²) in [4.78, 5) is 18.4. The number of aryl methyl sites for hydroxylation is 1. The Kier molecular flexibility index (Phi) is 7.71. The quantitative estimate of drug-likeness (QED) is 0.437. The minimum absolute atomic E-state index is 0.0419. The largest absolute Gasteiger partial charge is 0.417 e. The van der Waals surface area contributed by atoms with Crippen LogP contribution in [0.15, 0.2) is 60.8 Å². The average molecular weight is 481 g/mol. The van der Waals surface area contributed by atoms with Crippen LogP contribution in [0.2, 0.25) is 5.02 Å². The summed E-state index contributed by atoms with van der Waals surface area (Å²) in [6.07, 6.45) is -4.56. The van der Waals surface area contributed by atoms with Crippen LogP contribution in [0.3, 0.4) is 0 Å². The van der Waals surface area contributed by atoms with Crippen molar-refractivity contribution >= 4 is 23.2 Å². The Labute approximate surface area is 193 Å². The van der Waals surface area contributed by atoms with E-state index in [1.54, 1.807) is 18.2 Å². The van der Waals surface area contributed by atoms with E-state index in [1.165, 1.54) is 23.1 Å². The van der Waals surface area contributed by atoms with E-state index in [0.29, 0.717) is 22.8 Å². The zero-order valence-corrected chi connectivity index (χ0v) is 18.4. The highest BCUT2D eigenvalue weighted by molar-refractivity contribution is 6.31. The maximum atomic E-state index is 13.2. The highest BCUT2D eigenvalue weighted by Gasteiger charge is 2.31. The van der Waals surface area contributed by atoms with E-state index in [9.17, 15) is 27.5 Å². The second kappa shape index (κ2) is 10.3. The van der Waals surface area contributed by atoms with Gasteiger partial charge in [0.15, 0.2) is 6.10 Å². The second-order valence-corrected chi connectivity index (χ2v) is 7.77. The number of aliphatic hydroxyl groups excluding tert-OH is 1. The van der Waals surface area contributed by atoms with E-state index in [2.05, 4.69) is 4.98 Å². The van der Waals surface area contributed by atoms with Crippen molar-refractivity contribution in [1.29, 1.82) is 0 Å². The summed E-state index contributed by atoms with van der Waals surface area (Å²) < 4.78 is 51.6. The Bertz CT molecular complexity index is 1100. The summed E-state index contributed by atoms with van der Waals surface area (Å²) in [7, 11) is 0. The molecule has 0 aliphatic heterocycles. The van der Waals surface area contributed by atoms with E-state index >= 15 is 0 Å². The molecule has 1 unspecified atom stereocenters. The number of benzene rings is 2. The van der Waals surface area contributed by atoms with Gasteiger partial charge in [0.25, 0.3) is 5.91 Å². The molecule has 3 aromatic rings. The molecule has 0 saturated carbocycles. The van der Waals surface area contributed by atoms with Gasteiger partial charge >= 0.3 is 6.18 Å². The minimum Gasteiger partial charge on any atom is -0.378 e. The molecular formula is C24H21ClF4N2O2. The van der Waals surface area contributed by atoms with Crippen molar-refractivity contribution in [2.24, 2.45) is 0 Å². The molecule has 1 N–H and O–H groups in total. The average Bonchev–Trinajstić information content (AvgIpc) is 2.79. The minimum atomic E-state index is -4.49. The number of alkyl halides is 3. The van der Waals surface area contributed by atoms with E-state index in [-0.39, 0.29) is 18.5 Å². The van der Waals surface area contributed by atoms with E-state index in [0.717, 1.165) is 30.0 Å². The fourth-order valence-electron chi connectivity index (χ4n) is 3.27. The molecule has 0 aliphatic carbocycles. The number of aromatic nitrogens is 1. The number of amides is 1. The Hall–Kier alpha value is -2.97. The number of nitrogens with zero attached hydrogens (tertiary/aromatic N) is 2. The Morgan fingerprint density at radius 2 is 1.82 bits per heavy atom. The zero-order valence-electron chi connectivity index (χ0n) is 17.6. The molecular weight excluding hydrogens is 460 g/mol. The van der Waals surface area contributed by atoms with Gasteiger partial charge in [0.1, 0.15) is 5.82 Å². The molecule has 2 aromatic carbocycles. The van der Waals surface area contributed by atoms with Gasteiger partial charge in [0.05, 0.1) is 5.56 Å². The summed E-state index contributed by atoms with van der Waals surface area (Å²) in [6.45, 7) is 1.94. The molecule has 9 heteroatoms. The van der Waals surface area contributed by atoms with Crippen molar-refractivity contribution in [3.63, 3.8) is 0 Å². The first-order valence-electron chi connectivity index (χ1n) is 10.2. The monoisotopic (exact) mass is 480 g/mol. The van der Waals surface area contributed by atoms with Gasteiger partial charge in [0, 0.05) is 35.6 Å². The molecule has 0 spiro atoms. The van der Waals surface area contributed by atoms with Crippen molar-refractivity contribution in [2.75, 3.05) is 11.4 Å². The lowest BCUT2D eigenvalue weighted by Gasteiger charge is -2.26. The molecule has 4 nitrogen and oxygen atoms in total. The first-order valence-corrected chi connectivity index (χ1v) is 10.5. The van der Waals surface area contributed by atoms with Crippen LogP contribution in [-0.4, -0.2) is 22.5 Å². The molecule has 3 rings (SSSR count). The van der Waals surface area contributed by atoms with Crippen molar-refractivity contribution in [2.45, 2.75) is 32.0 Å². The number of aliphatic hydroxyl groups is 1. The van der Waals surface area contributed by atoms with E-state index in [4.69, 9.17) is 11.6 Å². The number of hydrogen-bond donors (Lipinski definition) is 1. The fraction of sp³-hybridized carbons (Fsp3) is 0.250. The van der Waals surface area contributed by atoms with Gasteiger partial charge in [-0.3, -0.25) is 9.78 Å². The number of carbonyl (C=O) groups is 1. The van der Waals surface area contributed by atoms with Crippen molar-refractivity contribution < 1.29 is 27.5 Å². The van der Waals surface area contributed by atoms with Crippen LogP contribution in [0.4, 0.5) is 23.2 Å². The van der Waals surface area contributed by atoms with Crippen molar-refractivity contribution in [3.8, 4) is 0 Å². The molecule has 0 bridgehead atoms. The van der Waals surface area contributed by atoms with Crippen LogP contribution in [0.25, 0.3) is 0 Å². The van der Waals surface area contributed by atoms with Gasteiger partial charge in [-0.25, -0.2) is 4.39 Å². The Balaban J connectivity index is 1.88. The summed E-state index contributed by atoms with van der Waals surface area (Å²) in [5.74, 6) is -1.17. The van der Waals surface area contributed by atoms with Crippen molar-refractivity contribution in [3.05, 3.63) is 94.0 Å². The Morgan fingerprint density at radius 3 is 2.39 bits per heavy atom. The molecule has 33 heavy (non-hydrogen) atoms. The predicted molar refractivity (Wildman–Crippen MR) is 117 cm³/mol. The molecule has 0 saturated heterocycles. The van der Waals surface area contributed by atoms with Gasteiger partial charge in [-0.1, -0.05) is 30.7 Å². The number of carbonyl (C=O) groups excluding carboxylic acids is 1. The van der Waals surface area contributed by atoms with Crippen molar-refractivity contribution in [1.82, 2.24) is 4.98 Å². The number of hydrogen-bond acceptors (Lipinski definition) is 3. The molecule has 0 fully saturated rings. The highest BCUT2D eigenvalue weighted by Crippen LogP contribution is 2.29. The Morgan fingerprint density at radius 1 is 1.12 bits per heavy atom. The van der Waals surface area contributed by atoms with Crippen LogP contribution in [0.1, 0.15) is 35.4 Å². The molecule has 1 aromatic heterocycles. The molecule has 1 amide bonds. The third-order valence-corrected chi connectivity index (χ3v) is 5.52. The second-order valence-electron chi connectivity index (χ2n) is 7.36. The maximum absolute atomic E-state index is 13.2. The predicted octanol–water partition coefficient (Wildman–Crippen LogP) is 5.76.